The molecule has 0 fully saturated rings. The lowest BCUT2D eigenvalue weighted by Gasteiger charge is -1.95. The molecule has 2 aromatic heterocycles. The van der Waals surface area contributed by atoms with Crippen LogP contribution in [0.25, 0.3) is 33.1 Å². The van der Waals surface area contributed by atoms with Crippen molar-refractivity contribution in [1.29, 1.82) is 0 Å². The molecule has 18 heavy (non-hydrogen) atoms. The maximum atomic E-state index is 8.40. The zero-order valence-corrected chi connectivity index (χ0v) is 9.19. The molecule has 3 aromatic rings. The molecule has 2 heterocycles. The highest BCUT2D eigenvalue weighted by Crippen LogP contribution is 2.26. The molecule has 0 atom stereocenters. The first-order chi connectivity index (χ1) is 8.86. The summed E-state index contributed by atoms with van der Waals surface area (Å²) in [4.78, 5) is 11.1. The number of aromatic nitrogens is 2. The van der Waals surface area contributed by atoms with Crippen LogP contribution in [-0.2, 0) is 0 Å². The molecule has 0 aliphatic rings. The third-order valence-electron chi connectivity index (χ3n) is 2.42. The number of hydrogen-bond acceptors (Lipinski definition) is 4. The van der Waals surface area contributed by atoms with Gasteiger partial charge in [-0.1, -0.05) is 17.2 Å². The van der Waals surface area contributed by atoms with Gasteiger partial charge in [0.15, 0.2) is 11.2 Å². The van der Waals surface area contributed by atoms with Crippen LogP contribution in [0.3, 0.4) is 0 Å². The van der Waals surface area contributed by atoms with E-state index in [0.717, 1.165) is 5.56 Å². The predicted molar refractivity (Wildman–Crippen MR) is 66.0 cm³/mol. The minimum Gasteiger partial charge on any atom is -0.434 e. The van der Waals surface area contributed by atoms with E-state index >= 15 is 0 Å². The van der Waals surface area contributed by atoms with Gasteiger partial charge in [-0.15, -0.1) is 0 Å². The van der Waals surface area contributed by atoms with Gasteiger partial charge in [0.05, 0.1) is 0 Å². The van der Waals surface area contributed by atoms with Gasteiger partial charge in [0.25, 0.3) is 0 Å². The molecule has 6 heteroatoms. The predicted octanol–water partition coefficient (Wildman–Crippen LogP) is 3.83. The number of nitrogens with zero attached hydrogens (tertiary/aromatic N) is 5. The van der Waals surface area contributed by atoms with Gasteiger partial charge in [0.1, 0.15) is 0 Å². The van der Waals surface area contributed by atoms with E-state index in [-0.39, 0.29) is 0 Å². The highest BCUT2D eigenvalue weighted by Gasteiger charge is 2.08. The zero-order valence-electron chi connectivity index (χ0n) is 9.19. The van der Waals surface area contributed by atoms with E-state index in [1.54, 1.807) is 36.5 Å². The highest BCUT2D eigenvalue weighted by molar-refractivity contribution is 5.72. The Morgan fingerprint density at radius 1 is 1.22 bits per heavy atom. The number of oxazole rings is 1. The van der Waals surface area contributed by atoms with Crippen LogP contribution in [0.15, 0.2) is 52.1 Å². The number of rotatable bonds is 2. The largest absolute Gasteiger partial charge is 0.434 e. The lowest BCUT2D eigenvalue weighted by Crippen LogP contribution is -1.77. The van der Waals surface area contributed by atoms with Gasteiger partial charge < -0.3 is 4.42 Å². The van der Waals surface area contributed by atoms with Gasteiger partial charge in [0.2, 0.25) is 5.89 Å². The minimum absolute atomic E-state index is 0.457. The summed E-state index contributed by atoms with van der Waals surface area (Å²) in [7, 11) is 0. The average molecular weight is 237 g/mol. The topological polar surface area (TPSA) is 87.7 Å². The number of azide groups is 1. The SMILES string of the molecule is [N-]=[N+]=Nc1cccc(-c2nc3ncccc3o2)c1. The number of fused-ring (bicyclic) bond motifs is 1. The summed E-state index contributed by atoms with van der Waals surface area (Å²) in [5, 5.41) is 3.54. The molecule has 0 aliphatic carbocycles. The Hall–Kier alpha value is -2.85. The van der Waals surface area contributed by atoms with Gasteiger partial charge in [0, 0.05) is 22.4 Å². The maximum Gasteiger partial charge on any atom is 0.228 e. The van der Waals surface area contributed by atoms with Crippen molar-refractivity contribution in [3.8, 4) is 11.5 Å². The number of benzene rings is 1. The Kier molecular flexibility index (Phi) is 2.40. The van der Waals surface area contributed by atoms with Crippen LogP contribution in [0.2, 0.25) is 0 Å². The molecule has 0 aliphatic heterocycles. The van der Waals surface area contributed by atoms with Crippen LogP contribution in [0.4, 0.5) is 5.69 Å². The molecule has 0 N–H and O–H groups in total. The van der Waals surface area contributed by atoms with Crippen molar-refractivity contribution in [3.63, 3.8) is 0 Å². The fourth-order valence-electron chi connectivity index (χ4n) is 1.65. The third-order valence-corrected chi connectivity index (χ3v) is 2.42. The van der Waals surface area contributed by atoms with Crippen molar-refractivity contribution in [2.45, 2.75) is 0 Å². The fraction of sp³-hybridized carbons (Fsp3) is 0. The summed E-state index contributed by atoms with van der Waals surface area (Å²) in [5.74, 6) is 0.457. The van der Waals surface area contributed by atoms with Crippen LogP contribution in [-0.4, -0.2) is 9.97 Å². The van der Waals surface area contributed by atoms with Crippen molar-refractivity contribution < 1.29 is 4.42 Å². The van der Waals surface area contributed by atoms with E-state index in [1.807, 2.05) is 6.07 Å². The molecule has 3 rings (SSSR count). The summed E-state index contributed by atoms with van der Waals surface area (Å²) in [6, 6.07) is 10.6. The molecule has 0 saturated heterocycles. The molecule has 6 nitrogen and oxygen atoms in total. The molecule has 1 aromatic carbocycles. The molecule has 0 bridgehead atoms. The van der Waals surface area contributed by atoms with Gasteiger partial charge in [-0.2, -0.15) is 4.98 Å². The van der Waals surface area contributed by atoms with Crippen molar-refractivity contribution in [3.05, 3.63) is 53.0 Å². The Balaban J connectivity index is 2.13. The summed E-state index contributed by atoms with van der Waals surface area (Å²) in [6.45, 7) is 0. The van der Waals surface area contributed by atoms with Crippen molar-refractivity contribution in [2.75, 3.05) is 0 Å². The molecule has 0 saturated carbocycles. The zero-order chi connectivity index (χ0) is 12.4. The average Bonchev–Trinajstić information content (AvgIpc) is 2.83. The monoisotopic (exact) mass is 237 g/mol. The second-order valence-corrected chi connectivity index (χ2v) is 3.58. The van der Waals surface area contributed by atoms with E-state index in [4.69, 9.17) is 9.95 Å². The van der Waals surface area contributed by atoms with Crippen LogP contribution in [0, 0.1) is 0 Å². The van der Waals surface area contributed by atoms with E-state index in [1.165, 1.54) is 0 Å². The summed E-state index contributed by atoms with van der Waals surface area (Å²) in [6.07, 6.45) is 1.66. The van der Waals surface area contributed by atoms with Crippen LogP contribution in [0.5, 0.6) is 0 Å². The van der Waals surface area contributed by atoms with Crippen LogP contribution >= 0.6 is 0 Å². The first-order valence-electron chi connectivity index (χ1n) is 5.24. The van der Waals surface area contributed by atoms with E-state index in [9.17, 15) is 0 Å². The van der Waals surface area contributed by atoms with Gasteiger partial charge in [-0.05, 0) is 29.8 Å². The van der Waals surface area contributed by atoms with E-state index in [0.29, 0.717) is 22.8 Å². The molecule has 0 spiro atoms. The van der Waals surface area contributed by atoms with Crippen molar-refractivity contribution in [2.24, 2.45) is 5.11 Å². The van der Waals surface area contributed by atoms with Gasteiger partial charge >= 0.3 is 0 Å². The fourth-order valence-corrected chi connectivity index (χ4v) is 1.65. The molecular formula is C12H7N5O. The van der Waals surface area contributed by atoms with Crippen molar-refractivity contribution >= 4 is 16.9 Å². The molecule has 0 amide bonds. The van der Waals surface area contributed by atoms with Crippen LogP contribution < -0.4 is 0 Å². The quantitative estimate of drug-likeness (QED) is 0.385. The maximum absolute atomic E-state index is 8.40. The summed E-state index contributed by atoms with van der Waals surface area (Å²) < 4.78 is 5.58. The lowest BCUT2D eigenvalue weighted by atomic mass is 10.2. The first-order valence-corrected chi connectivity index (χ1v) is 5.24. The Bertz CT molecular complexity index is 725. The lowest BCUT2D eigenvalue weighted by molar-refractivity contribution is 0.619. The first kappa shape index (κ1) is 10.3. The smallest absolute Gasteiger partial charge is 0.228 e. The van der Waals surface area contributed by atoms with Crippen LogP contribution in [0.1, 0.15) is 0 Å². The standard InChI is InChI=1S/C12H7N5O/c13-17-16-9-4-1-3-8(7-9)12-15-11-10(18-12)5-2-6-14-11/h1-7H. The highest BCUT2D eigenvalue weighted by atomic mass is 16.3. The van der Waals surface area contributed by atoms with E-state index in [2.05, 4.69) is 20.0 Å². The Morgan fingerprint density at radius 3 is 3.00 bits per heavy atom. The summed E-state index contributed by atoms with van der Waals surface area (Å²) in [5.41, 5.74) is 10.9. The minimum atomic E-state index is 0.457. The molecule has 0 unspecified atom stereocenters. The second kappa shape index (κ2) is 4.20. The number of hydrogen-bond donors (Lipinski definition) is 0. The third kappa shape index (κ3) is 1.77. The molecule has 86 valence electrons. The normalized spacial score (nSPS) is 10.2. The van der Waals surface area contributed by atoms with Gasteiger partial charge in [-0.3, -0.25) is 0 Å². The Morgan fingerprint density at radius 2 is 2.17 bits per heavy atom. The van der Waals surface area contributed by atoms with E-state index < -0.39 is 0 Å². The summed E-state index contributed by atoms with van der Waals surface area (Å²) >= 11 is 0. The second-order valence-electron chi connectivity index (χ2n) is 3.58. The molecule has 0 radical (unpaired) electrons. The molecular weight excluding hydrogens is 230 g/mol. The number of pyridine rings is 1. The van der Waals surface area contributed by atoms with Gasteiger partial charge in [-0.25, -0.2) is 4.98 Å². The van der Waals surface area contributed by atoms with Crippen molar-refractivity contribution in [1.82, 2.24) is 9.97 Å². The Labute approximate surface area is 102 Å².